The molecule has 0 bridgehead atoms. The fourth-order valence-electron chi connectivity index (χ4n) is 2.68. The highest BCUT2D eigenvalue weighted by molar-refractivity contribution is 5.67. The van der Waals surface area contributed by atoms with Crippen molar-refractivity contribution in [2.24, 2.45) is 4.99 Å². The minimum Gasteiger partial charge on any atom is -0.488 e. The summed E-state index contributed by atoms with van der Waals surface area (Å²) in [4.78, 5) is 16.9. The number of hydrogen-bond acceptors (Lipinski definition) is 6. The molecule has 0 aliphatic rings. The van der Waals surface area contributed by atoms with Gasteiger partial charge in [0, 0.05) is 12.4 Å². The molecule has 140 valence electrons. The maximum absolute atomic E-state index is 14.3. The molecule has 0 amide bonds. The van der Waals surface area contributed by atoms with Crippen LogP contribution in [0.2, 0.25) is 0 Å². The summed E-state index contributed by atoms with van der Waals surface area (Å²) in [6, 6.07) is 0. The van der Waals surface area contributed by atoms with Crippen LogP contribution in [0.1, 0.15) is 31.2 Å². The lowest BCUT2D eigenvalue weighted by molar-refractivity contribution is 0.335. The predicted octanol–water partition coefficient (Wildman–Crippen LogP) is 2.99. The van der Waals surface area contributed by atoms with Gasteiger partial charge >= 0.3 is 0 Å². The molecule has 0 N–H and O–H groups in total. The van der Waals surface area contributed by atoms with Crippen LogP contribution in [-0.2, 0) is 6.54 Å². The fraction of sp³-hybridized carbons (Fsp3) is 0.278. The van der Waals surface area contributed by atoms with Crippen molar-refractivity contribution in [1.29, 1.82) is 0 Å². The first-order chi connectivity index (χ1) is 13.1. The molecule has 0 atom stereocenters. The Kier molecular flexibility index (Phi) is 5.39. The molecule has 0 saturated heterocycles. The van der Waals surface area contributed by atoms with E-state index < -0.39 is 5.83 Å². The number of imidazole rings is 1. The molecular weight excluding hydrogens is 349 g/mol. The van der Waals surface area contributed by atoms with Crippen LogP contribution < -0.4 is 4.74 Å². The van der Waals surface area contributed by atoms with E-state index in [-0.39, 0.29) is 5.70 Å². The first-order valence-corrected chi connectivity index (χ1v) is 8.43. The average Bonchev–Trinajstić information content (AvgIpc) is 3.24. The third kappa shape index (κ3) is 3.62. The summed E-state index contributed by atoms with van der Waals surface area (Å²) in [6.45, 7) is 9.62. The lowest BCUT2D eigenvalue weighted by Crippen LogP contribution is -2.10. The SMILES string of the molecule is C=N/C(=C(F)\C=C/C)c1nccn1Cc1ncn2nc(C)nc2c1OCC. The number of aromatic nitrogens is 6. The fourth-order valence-corrected chi connectivity index (χ4v) is 2.68. The number of allylic oxidation sites excluding steroid dienone is 3. The van der Waals surface area contributed by atoms with E-state index in [0.717, 1.165) is 0 Å². The van der Waals surface area contributed by atoms with Gasteiger partial charge in [0.05, 0.1) is 13.2 Å². The second-order valence-corrected chi connectivity index (χ2v) is 5.61. The summed E-state index contributed by atoms with van der Waals surface area (Å²) in [5.74, 6) is 0.989. The summed E-state index contributed by atoms with van der Waals surface area (Å²) in [7, 11) is 0. The summed E-state index contributed by atoms with van der Waals surface area (Å²) in [5, 5.41) is 4.25. The molecule has 0 aliphatic carbocycles. The van der Waals surface area contributed by atoms with Crippen LogP contribution in [0.25, 0.3) is 11.3 Å². The van der Waals surface area contributed by atoms with E-state index in [9.17, 15) is 4.39 Å². The van der Waals surface area contributed by atoms with Gasteiger partial charge in [-0.1, -0.05) is 6.08 Å². The van der Waals surface area contributed by atoms with Crippen LogP contribution in [0.15, 0.2) is 41.7 Å². The number of fused-ring (bicyclic) bond motifs is 1. The van der Waals surface area contributed by atoms with Crippen molar-refractivity contribution >= 4 is 18.1 Å². The van der Waals surface area contributed by atoms with Crippen molar-refractivity contribution in [3.63, 3.8) is 0 Å². The van der Waals surface area contributed by atoms with Gasteiger partial charge in [0.2, 0.25) is 5.65 Å². The van der Waals surface area contributed by atoms with E-state index in [0.29, 0.717) is 41.9 Å². The van der Waals surface area contributed by atoms with Gasteiger partial charge in [0.1, 0.15) is 23.5 Å². The van der Waals surface area contributed by atoms with Gasteiger partial charge in [-0.05, 0) is 33.6 Å². The second-order valence-electron chi connectivity index (χ2n) is 5.61. The van der Waals surface area contributed by atoms with Gasteiger partial charge in [0.15, 0.2) is 17.4 Å². The molecule has 0 unspecified atom stereocenters. The van der Waals surface area contributed by atoms with Gasteiger partial charge in [-0.3, -0.25) is 4.99 Å². The Morgan fingerprint density at radius 3 is 2.93 bits per heavy atom. The van der Waals surface area contributed by atoms with Crippen molar-refractivity contribution in [3.05, 3.63) is 54.0 Å². The molecule has 3 aromatic heterocycles. The van der Waals surface area contributed by atoms with Gasteiger partial charge in [-0.25, -0.2) is 19.3 Å². The monoisotopic (exact) mass is 369 g/mol. The summed E-state index contributed by atoms with van der Waals surface area (Å²) in [5.41, 5.74) is 1.28. The minimum absolute atomic E-state index is 0.0652. The zero-order chi connectivity index (χ0) is 19.4. The standard InChI is InChI=1S/C18H20FN7O/c1-5-7-13(19)15(20-4)17-21-8-9-25(17)10-14-16(27-6-2)18-23-12(3)24-26(18)11-22-14/h5,7-9,11H,4,6,10H2,1-3H3/b7-5-,15-13+. The van der Waals surface area contributed by atoms with Crippen LogP contribution >= 0.6 is 0 Å². The van der Waals surface area contributed by atoms with E-state index in [1.54, 1.807) is 47.7 Å². The Balaban J connectivity index is 2.07. The van der Waals surface area contributed by atoms with Crippen molar-refractivity contribution < 1.29 is 9.13 Å². The molecule has 0 saturated carbocycles. The van der Waals surface area contributed by atoms with E-state index in [2.05, 4.69) is 31.8 Å². The van der Waals surface area contributed by atoms with Crippen LogP contribution in [-0.4, -0.2) is 42.5 Å². The first-order valence-electron chi connectivity index (χ1n) is 8.43. The Morgan fingerprint density at radius 1 is 1.41 bits per heavy atom. The van der Waals surface area contributed by atoms with E-state index in [1.165, 1.54) is 6.08 Å². The molecule has 0 fully saturated rings. The van der Waals surface area contributed by atoms with Crippen LogP contribution in [0, 0.1) is 6.92 Å². The molecular formula is C18H20FN7O. The first kappa shape index (κ1) is 18.4. The van der Waals surface area contributed by atoms with Crippen LogP contribution in [0.4, 0.5) is 4.39 Å². The number of halogens is 1. The Bertz CT molecular complexity index is 1030. The second kappa shape index (κ2) is 7.90. The Morgan fingerprint density at radius 2 is 2.22 bits per heavy atom. The molecule has 0 aromatic carbocycles. The quantitative estimate of drug-likeness (QED) is 0.472. The van der Waals surface area contributed by atoms with Crippen molar-refractivity contribution in [1.82, 2.24) is 29.1 Å². The smallest absolute Gasteiger partial charge is 0.201 e. The number of nitrogens with zero attached hydrogens (tertiary/aromatic N) is 7. The molecule has 3 heterocycles. The molecule has 0 aliphatic heterocycles. The van der Waals surface area contributed by atoms with E-state index in [4.69, 9.17) is 4.74 Å². The topological polar surface area (TPSA) is 82.5 Å². The molecule has 3 aromatic rings. The highest BCUT2D eigenvalue weighted by Crippen LogP contribution is 2.25. The summed E-state index contributed by atoms with van der Waals surface area (Å²) < 4.78 is 23.4. The lowest BCUT2D eigenvalue weighted by atomic mass is 10.3. The number of ether oxygens (including phenoxy) is 1. The lowest BCUT2D eigenvalue weighted by Gasteiger charge is -2.12. The Labute approximate surface area is 155 Å². The summed E-state index contributed by atoms with van der Waals surface area (Å²) >= 11 is 0. The van der Waals surface area contributed by atoms with Gasteiger partial charge in [-0.2, -0.15) is 9.61 Å². The maximum Gasteiger partial charge on any atom is 0.201 e. The minimum atomic E-state index is -0.513. The number of hydrogen-bond donors (Lipinski definition) is 0. The normalized spacial score (nSPS) is 12.6. The molecule has 8 nitrogen and oxygen atoms in total. The zero-order valence-corrected chi connectivity index (χ0v) is 15.4. The highest BCUT2D eigenvalue weighted by Gasteiger charge is 2.18. The number of aliphatic imine (C=N–C) groups is 1. The third-order valence-corrected chi connectivity index (χ3v) is 3.76. The highest BCUT2D eigenvalue weighted by atomic mass is 19.1. The van der Waals surface area contributed by atoms with Crippen molar-refractivity contribution in [3.8, 4) is 5.75 Å². The number of rotatable bonds is 7. The molecule has 3 rings (SSSR count). The van der Waals surface area contributed by atoms with E-state index >= 15 is 0 Å². The molecule has 0 radical (unpaired) electrons. The molecule has 9 heteroatoms. The van der Waals surface area contributed by atoms with Gasteiger partial charge in [-0.15, -0.1) is 0 Å². The van der Waals surface area contributed by atoms with Crippen LogP contribution in [0.5, 0.6) is 5.75 Å². The van der Waals surface area contributed by atoms with Crippen molar-refractivity contribution in [2.45, 2.75) is 27.3 Å². The average molecular weight is 369 g/mol. The predicted molar refractivity (Wildman–Crippen MR) is 100 cm³/mol. The maximum atomic E-state index is 14.3. The summed E-state index contributed by atoms with van der Waals surface area (Å²) in [6.07, 6.45) is 7.78. The number of aryl methyl sites for hydroxylation is 1. The van der Waals surface area contributed by atoms with Gasteiger partial charge < -0.3 is 9.30 Å². The third-order valence-electron chi connectivity index (χ3n) is 3.76. The Hall–Kier alpha value is -3.36. The molecule has 27 heavy (non-hydrogen) atoms. The largest absolute Gasteiger partial charge is 0.488 e. The molecule has 0 spiro atoms. The van der Waals surface area contributed by atoms with Gasteiger partial charge in [0.25, 0.3) is 0 Å². The van der Waals surface area contributed by atoms with Crippen molar-refractivity contribution in [2.75, 3.05) is 6.61 Å². The van der Waals surface area contributed by atoms with Crippen LogP contribution in [0.3, 0.4) is 0 Å². The van der Waals surface area contributed by atoms with E-state index in [1.807, 2.05) is 6.92 Å². The zero-order valence-electron chi connectivity index (χ0n) is 15.4.